The van der Waals surface area contributed by atoms with Crippen molar-refractivity contribution in [2.45, 2.75) is 51.0 Å². The Morgan fingerprint density at radius 3 is 2.60 bits per heavy atom. The van der Waals surface area contributed by atoms with E-state index in [0.29, 0.717) is 12.3 Å². The lowest BCUT2D eigenvalue weighted by atomic mass is 9.88. The number of imide groups is 1. The van der Waals surface area contributed by atoms with Crippen LogP contribution in [0.25, 0.3) is 0 Å². The largest absolute Gasteiger partial charge is 0.343 e. The molecular weight excluding hydrogens is 318 g/mol. The Hall–Kier alpha value is -2.37. The molecule has 2 aliphatic rings. The second-order valence-electron chi connectivity index (χ2n) is 7.31. The predicted octanol–water partition coefficient (Wildman–Crippen LogP) is 2.08. The summed E-state index contributed by atoms with van der Waals surface area (Å²) in [6.45, 7) is 5.24. The SMILES string of the molecule is Cc1cccc(C2CCN(C(=O)CCC3(C)NC(=O)NC3=O)CC2)c1. The van der Waals surface area contributed by atoms with Gasteiger partial charge in [-0.3, -0.25) is 14.9 Å². The molecule has 25 heavy (non-hydrogen) atoms. The van der Waals surface area contributed by atoms with Gasteiger partial charge in [-0.05, 0) is 44.6 Å². The summed E-state index contributed by atoms with van der Waals surface area (Å²) in [7, 11) is 0. The highest BCUT2D eigenvalue weighted by Gasteiger charge is 2.42. The van der Waals surface area contributed by atoms with Gasteiger partial charge in [0, 0.05) is 19.5 Å². The number of hydrogen-bond acceptors (Lipinski definition) is 3. The summed E-state index contributed by atoms with van der Waals surface area (Å²) in [4.78, 5) is 37.4. The molecule has 4 amide bonds. The Labute approximate surface area is 148 Å². The van der Waals surface area contributed by atoms with Gasteiger partial charge in [0.2, 0.25) is 5.91 Å². The Bertz CT molecular complexity index is 695. The van der Waals surface area contributed by atoms with Crippen molar-refractivity contribution in [1.82, 2.24) is 15.5 Å². The van der Waals surface area contributed by atoms with Crippen LogP contribution in [0.15, 0.2) is 24.3 Å². The van der Waals surface area contributed by atoms with Gasteiger partial charge >= 0.3 is 6.03 Å². The van der Waals surface area contributed by atoms with Crippen molar-refractivity contribution in [3.63, 3.8) is 0 Å². The fourth-order valence-corrected chi connectivity index (χ4v) is 3.66. The summed E-state index contributed by atoms with van der Waals surface area (Å²) in [6, 6.07) is 8.09. The minimum atomic E-state index is -0.980. The van der Waals surface area contributed by atoms with E-state index >= 15 is 0 Å². The molecule has 6 heteroatoms. The molecule has 0 aromatic heterocycles. The van der Waals surface area contributed by atoms with Crippen molar-refractivity contribution in [2.24, 2.45) is 0 Å². The molecule has 0 aliphatic carbocycles. The highest BCUT2D eigenvalue weighted by molar-refractivity contribution is 6.06. The number of hydrogen-bond donors (Lipinski definition) is 2. The summed E-state index contributed by atoms with van der Waals surface area (Å²) >= 11 is 0. The molecule has 3 rings (SSSR count). The molecule has 0 bridgehead atoms. The molecule has 134 valence electrons. The van der Waals surface area contributed by atoms with Crippen LogP contribution >= 0.6 is 0 Å². The van der Waals surface area contributed by atoms with Gasteiger partial charge < -0.3 is 10.2 Å². The van der Waals surface area contributed by atoms with E-state index in [1.807, 2.05) is 4.90 Å². The second-order valence-corrected chi connectivity index (χ2v) is 7.31. The first-order chi connectivity index (χ1) is 11.9. The lowest BCUT2D eigenvalue weighted by molar-refractivity contribution is -0.133. The molecule has 0 saturated carbocycles. The Balaban J connectivity index is 1.50. The van der Waals surface area contributed by atoms with Gasteiger partial charge in [-0.1, -0.05) is 29.8 Å². The number of urea groups is 1. The smallest absolute Gasteiger partial charge is 0.322 e. The third kappa shape index (κ3) is 3.83. The standard InChI is InChI=1S/C19H25N3O3/c1-13-4-3-5-15(12-13)14-7-10-22(11-8-14)16(23)6-9-19(2)17(24)20-18(25)21-19/h3-5,12,14H,6-11H2,1-2H3,(H2,20,21,24,25). The highest BCUT2D eigenvalue weighted by atomic mass is 16.2. The quantitative estimate of drug-likeness (QED) is 0.822. The molecule has 6 nitrogen and oxygen atoms in total. The molecular formula is C19H25N3O3. The van der Waals surface area contributed by atoms with Crippen molar-refractivity contribution in [3.05, 3.63) is 35.4 Å². The van der Waals surface area contributed by atoms with E-state index in [2.05, 4.69) is 41.8 Å². The Kier molecular flexibility index (Phi) is 4.79. The number of piperidine rings is 1. The van der Waals surface area contributed by atoms with Gasteiger partial charge in [0.15, 0.2) is 0 Å². The molecule has 1 aromatic rings. The van der Waals surface area contributed by atoms with Gasteiger partial charge in [-0.25, -0.2) is 4.79 Å². The lowest BCUT2D eigenvalue weighted by Gasteiger charge is -2.33. The summed E-state index contributed by atoms with van der Waals surface area (Å²) in [5, 5.41) is 4.83. The number of aryl methyl sites for hydroxylation is 1. The maximum atomic E-state index is 12.5. The number of nitrogens with one attached hydrogen (secondary N) is 2. The summed E-state index contributed by atoms with van der Waals surface area (Å²) in [5.41, 5.74) is 1.64. The fraction of sp³-hybridized carbons (Fsp3) is 0.526. The molecule has 2 aliphatic heterocycles. The number of amides is 4. The molecule has 2 saturated heterocycles. The van der Waals surface area contributed by atoms with Crippen LogP contribution in [0.4, 0.5) is 4.79 Å². The van der Waals surface area contributed by atoms with Gasteiger partial charge in [-0.15, -0.1) is 0 Å². The zero-order valence-electron chi connectivity index (χ0n) is 14.8. The van der Waals surface area contributed by atoms with E-state index in [1.165, 1.54) is 11.1 Å². The van der Waals surface area contributed by atoms with Crippen molar-refractivity contribution < 1.29 is 14.4 Å². The molecule has 2 heterocycles. The van der Waals surface area contributed by atoms with E-state index in [4.69, 9.17) is 0 Å². The zero-order chi connectivity index (χ0) is 18.0. The topological polar surface area (TPSA) is 78.5 Å². The average molecular weight is 343 g/mol. The van der Waals surface area contributed by atoms with Gasteiger partial charge in [-0.2, -0.15) is 0 Å². The number of carbonyl (C=O) groups is 3. The maximum Gasteiger partial charge on any atom is 0.322 e. The first-order valence-electron chi connectivity index (χ1n) is 8.85. The van der Waals surface area contributed by atoms with Crippen LogP contribution < -0.4 is 10.6 Å². The molecule has 1 atom stereocenters. The molecule has 2 N–H and O–H groups in total. The van der Waals surface area contributed by atoms with E-state index in [-0.39, 0.29) is 18.2 Å². The van der Waals surface area contributed by atoms with Crippen molar-refractivity contribution >= 4 is 17.8 Å². The van der Waals surface area contributed by atoms with E-state index in [0.717, 1.165) is 25.9 Å². The van der Waals surface area contributed by atoms with Crippen molar-refractivity contribution in [2.75, 3.05) is 13.1 Å². The fourth-order valence-electron chi connectivity index (χ4n) is 3.66. The minimum absolute atomic E-state index is 0.0536. The second kappa shape index (κ2) is 6.86. The number of rotatable bonds is 4. The number of carbonyl (C=O) groups excluding carboxylic acids is 3. The van der Waals surface area contributed by atoms with E-state index in [1.54, 1.807) is 6.92 Å². The molecule has 2 fully saturated rings. The lowest BCUT2D eigenvalue weighted by Crippen LogP contribution is -2.45. The summed E-state index contributed by atoms with van der Waals surface area (Å²) < 4.78 is 0. The Morgan fingerprint density at radius 1 is 1.28 bits per heavy atom. The maximum absolute atomic E-state index is 12.5. The first kappa shape index (κ1) is 17.5. The van der Waals surface area contributed by atoms with Crippen LogP contribution in [0, 0.1) is 6.92 Å². The molecule has 1 aromatic carbocycles. The molecule has 0 spiro atoms. The number of benzene rings is 1. The highest BCUT2D eigenvalue weighted by Crippen LogP contribution is 2.29. The summed E-state index contributed by atoms with van der Waals surface area (Å²) in [5.74, 6) is 0.197. The molecule has 0 radical (unpaired) electrons. The zero-order valence-corrected chi connectivity index (χ0v) is 14.8. The number of nitrogens with zero attached hydrogens (tertiary/aromatic N) is 1. The first-order valence-corrected chi connectivity index (χ1v) is 8.85. The van der Waals surface area contributed by atoms with Gasteiger partial charge in [0.05, 0.1) is 0 Å². The van der Waals surface area contributed by atoms with E-state index < -0.39 is 11.6 Å². The third-order valence-corrected chi connectivity index (χ3v) is 5.32. The summed E-state index contributed by atoms with van der Waals surface area (Å²) in [6.07, 6.45) is 2.51. The van der Waals surface area contributed by atoms with Crippen molar-refractivity contribution in [3.8, 4) is 0 Å². The average Bonchev–Trinajstić information content (AvgIpc) is 2.85. The van der Waals surface area contributed by atoms with Crippen molar-refractivity contribution in [1.29, 1.82) is 0 Å². The Morgan fingerprint density at radius 2 is 2.00 bits per heavy atom. The monoisotopic (exact) mass is 343 g/mol. The minimum Gasteiger partial charge on any atom is -0.343 e. The normalized spacial score (nSPS) is 24.2. The van der Waals surface area contributed by atoms with Crippen LogP contribution in [0.1, 0.15) is 49.7 Å². The van der Waals surface area contributed by atoms with Crippen LogP contribution in [0.5, 0.6) is 0 Å². The molecule has 1 unspecified atom stereocenters. The van der Waals surface area contributed by atoms with Gasteiger partial charge in [0.25, 0.3) is 5.91 Å². The van der Waals surface area contributed by atoms with E-state index in [9.17, 15) is 14.4 Å². The third-order valence-electron chi connectivity index (χ3n) is 5.32. The predicted molar refractivity (Wildman–Crippen MR) is 94.0 cm³/mol. The van der Waals surface area contributed by atoms with Gasteiger partial charge in [0.1, 0.15) is 5.54 Å². The van der Waals surface area contributed by atoms with Crippen LogP contribution in [0.3, 0.4) is 0 Å². The van der Waals surface area contributed by atoms with Crippen LogP contribution in [0.2, 0.25) is 0 Å². The van der Waals surface area contributed by atoms with Crippen LogP contribution in [-0.4, -0.2) is 41.4 Å². The number of likely N-dealkylation sites (tertiary alicyclic amines) is 1. The van der Waals surface area contributed by atoms with Crippen LogP contribution in [-0.2, 0) is 9.59 Å².